The SMILES string of the molecule is CC1CCC(C(C)C)C(N2CCCC(C)C2CN)C1. The molecule has 0 radical (unpaired) electrons. The standard InChI is InChI=1S/C17H34N2/c1-12(2)15-8-7-13(3)10-16(15)19-9-5-6-14(4)17(19)11-18/h12-17H,5-11,18H2,1-4H3. The molecule has 5 unspecified atom stereocenters. The van der Waals surface area contributed by atoms with Gasteiger partial charge >= 0.3 is 0 Å². The lowest BCUT2D eigenvalue weighted by Gasteiger charge is -2.50. The summed E-state index contributed by atoms with van der Waals surface area (Å²) in [4.78, 5) is 2.81. The van der Waals surface area contributed by atoms with Crippen molar-refractivity contribution in [2.24, 2.45) is 29.4 Å². The minimum Gasteiger partial charge on any atom is -0.329 e. The average molecular weight is 266 g/mol. The van der Waals surface area contributed by atoms with Crippen LogP contribution in [-0.4, -0.2) is 30.1 Å². The Morgan fingerprint density at radius 2 is 1.89 bits per heavy atom. The van der Waals surface area contributed by atoms with Crippen LogP contribution < -0.4 is 5.73 Å². The maximum atomic E-state index is 6.11. The van der Waals surface area contributed by atoms with Crippen molar-refractivity contribution in [3.63, 3.8) is 0 Å². The highest BCUT2D eigenvalue weighted by Crippen LogP contribution is 2.39. The van der Waals surface area contributed by atoms with E-state index < -0.39 is 0 Å². The van der Waals surface area contributed by atoms with Gasteiger partial charge in [0, 0.05) is 18.6 Å². The molecule has 5 atom stereocenters. The van der Waals surface area contributed by atoms with Gasteiger partial charge in [-0.05, 0) is 55.9 Å². The van der Waals surface area contributed by atoms with Gasteiger partial charge in [-0.15, -0.1) is 0 Å². The maximum absolute atomic E-state index is 6.11. The van der Waals surface area contributed by atoms with Crippen LogP contribution in [0.3, 0.4) is 0 Å². The lowest BCUT2D eigenvalue weighted by molar-refractivity contribution is -0.00645. The minimum absolute atomic E-state index is 0.630. The van der Waals surface area contributed by atoms with Crippen molar-refractivity contribution in [1.82, 2.24) is 4.90 Å². The highest BCUT2D eigenvalue weighted by atomic mass is 15.2. The fourth-order valence-electron chi connectivity index (χ4n) is 4.59. The van der Waals surface area contributed by atoms with E-state index in [0.717, 1.165) is 36.3 Å². The number of nitrogens with zero attached hydrogens (tertiary/aromatic N) is 1. The predicted octanol–water partition coefficient (Wildman–Crippen LogP) is 3.51. The smallest absolute Gasteiger partial charge is 0.0247 e. The first-order valence-corrected chi connectivity index (χ1v) is 8.50. The van der Waals surface area contributed by atoms with E-state index in [4.69, 9.17) is 5.73 Å². The molecule has 1 aliphatic heterocycles. The van der Waals surface area contributed by atoms with E-state index in [1.807, 2.05) is 0 Å². The molecule has 2 nitrogen and oxygen atoms in total. The van der Waals surface area contributed by atoms with Gasteiger partial charge in [-0.1, -0.05) is 34.1 Å². The monoisotopic (exact) mass is 266 g/mol. The van der Waals surface area contributed by atoms with Crippen molar-refractivity contribution in [2.45, 2.75) is 71.9 Å². The molecular formula is C17H34N2. The molecular weight excluding hydrogens is 232 g/mol. The predicted molar refractivity (Wildman–Crippen MR) is 83.1 cm³/mol. The quantitative estimate of drug-likeness (QED) is 0.847. The second kappa shape index (κ2) is 6.58. The summed E-state index contributed by atoms with van der Waals surface area (Å²) >= 11 is 0. The van der Waals surface area contributed by atoms with E-state index >= 15 is 0 Å². The molecule has 0 bridgehead atoms. The third-order valence-electron chi connectivity index (χ3n) is 5.81. The first-order chi connectivity index (χ1) is 9.04. The van der Waals surface area contributed by atoms with Crippen molar-refractivity contribution in [1.29, 1.82) is 0 Å². The molecule has 0 aromatic carbocycles. The summed E-state index contributed by atoms with van der Waals surface area (Å²) in [7, 11) is 0. The molecule has 1 aliphatic carbocycles. The molecule has 2 N–H and O–H groups in total. The van der Waals surface area contributed by atoms with Crippen LogP contribution in [0, 0.1) is 23.7 Å². The highest BCUT2D eigenvalue weighted by molar-refractivity contribution is 4.93. The summed E-state index contributed by atoms with van der Waals surface area (Å²) in [6.45, 7) is 11.8. The second-order valence-electron chi connectivity index (χ2n) is 7.55. The summed E-state index contributed by atoms with van der Waals surface area (Å²) in [6, 6.07) is 1.42. The van der Waals surface area contributed by atoms with Crippen molar-refractivity contribution in [2.75, 3.05) is 13.1 Å². The molecule has 1 saturated heterocycles. The molecule has 0 aromatic rings. The number of nitrogens with two attached hydrogens (primary N) is 1. The topological polar surface area (TPSA) is 29.3 Å². The lowest BCUT2D eigenvalue weighted by Crippen LogP contribution is -2.57. The van der Waals surface area contributed by atoms with Gasteiger partial charge in [0.25, 0.3) is 0 Å². The lowest BCUT2D eigenvalue weighted by atomic mass is 9.72. The molecule has 2 fully saturated rings. The molecule has 0 aromatic heterocycles. The Morgan fingerprint density at radius 1 is 1.16 bits per heavy atom. The van der Waals surface area contributed by atoms with Gasteiger partial charge < -0.3 is 5.73 Å². The van der Waals surface area contributed by atoms with Crippen LogP contribution in [0.1, 0.15) is 59.8 Å². The Labute approximate surface area is 120 Å². The van der Waals surface area contributed by atoms with E-state index in [2.05, 4.69) is 32.6 Å². The molecule has 2 aliphatic rings. The van der Waals surface area contributed by atoms with Crippen LogP contribution >= 0.6 is 0 Å². The van der Waals surface area contributed by atoms with Crippen LogP contribution in [0.15, 0.2) is 0 Å². The van der Waals surface area contributed by atoms with Crippen LogP contribution in [0.25, 0.3) is 0 Å². The van der Waals surface area contributed by atoms with Gasteiger partial charge in [0.1, 0.15) is 0 Å². The van der Waals surface area contributed by atoms with E-state index in [0.29, 0.717) is 6.04 Å². The first-order valence-electron chi connectivity index (χ1n) is 8.50. The van der Waals surface area contributed by atoms with Crippen molar-refractivity contribution >= 4 is 0 Å². The van der Waals surface area contributed by atoms with Crippen LogP contribution in [0.5, 0.6) is 0 Å². The Morgan fingerprint density at radius 3 is 2.53 bits per heavy atom. The average Bonchev–Trinajstić information content (AvgIpc) is 2.37. The summed E-state index contributed by atoms with van der Waals surface area (Å²) in [5.74, 6) is 3.38. The molecule has 2 heteroatoms. The maximum Gasteiger partial charge on any atom is 0.0247 e. The molecule has 1 saturated carbocycles. The zero-order valence-electron chi connectivity index (χ0n) is 13.4. The van der Waals surface area contributed by atoms with Crippen LogP contribution in [-0.2, 0) is 0 Å². The molecule has 0 amide bonds. The second-order valence-corrected chi connectivity index (χ2v) is 7.55. The van der Waals surface area contributed by atoms with Gasteiger partial charge in [-0.2, -0.15) is 0 Å². The minimum atomic E-state index is 0.630. The van der Waals surface area contributed by atoms with Crippen molar-refractivity contribution < 1.29 is 0 Å². The number of hydrogen-bond donors (Lipinski definition) is 1. The van der Waals surface area contributed by atoms with E-state index in [-0.39, 0.29) is 0 Å². The van der Waals surface area contributed by atoms with Crippen molar-refractivity contribution in [3.05, 3.63) is 0 Å². The van der Waals surface area contributed by atoms with Gasteiger partial charge in [0.15, 0.2) is 0 Å². The molecule has 2 rings (SSSR count). The van der Waals surface area contributed by atoms with Gasteiger partial charge in [0.05, 0.1) is 0 Å². The summed E-state index contributed by atoms with van der Waals surface area (Å²) in [6.07, 6.45) is 6.98. The normalized spacial score (nSPS) is 41.7. The van der Waals surface area contributed by atoms with Gasteiger partial charge in [-0.3, -0.25) is 4.90 Å². The number of rotatable bonds is 3. The van der Waals surface area contributed by atoms with E-state index in [9.17, 15) is 0 Å². The zero-order valence-corrected chi connectivity index (χ0v) is 13.4. The fraction of sp³-hybridized carbons (Fsp3) is 1.00. The first kappa shape index (κ1) is 15.3. The molecule has 1 heterocycles. The van der Waals surface area contributed by atoms with E-state index in [1.165, 1.54) is 38.6 Å². The van der Waals surface area contributed by atoms with Crippen LogP contribution in [0.2, 0.25) is 0 Å². The number of likely N-dealkylation sites (tertiary alicyclic amines) is 1. The van der Waals surface area contributed by atoms with Crippen LogP contribution in [0.4, 0.5) is 0 Å². The summed E-state index contributed by atoms with van der Waals surface area (Å²) in [5.41, 5.74) is 6.11. The number of piperidine rings is 1. The molecule has 112 valence electrons. The van der Waals surface area contributed by atoms with Gasteiger partial charge in [0.2, 0.25) is 0 Å². The summed E-state index contributed by atoms with van der Waals surface area (Å²) in [5, 5.41) is 0. The Bertz CT molecular complexity index is 276. The van der Waals surface area contributed by atoms with E-state index in [1.54, 1.807) is 0 Å². The Hall–Kier alpha value is -0.0800. The van der Waals surface area contributed by atoms with Crippen molar-refractivity contribution in [3.8, 4) is 0 Å². The zero-order chi connectivity index (χ0) is 14.0. The largest absolute Gasteiger partial charge is 0.329 e. The molecule has 19 heavy (non-hydrogen) atoms. The molecule has 0 spiro atoms. The Kier molecular flexibility index (Phi) is 5.30. The van der Waals surface area contributed by atoms with Gasteiger partial charge in [-0.25, -0.2) is 0 Å². The third-order valence-corrected chi connectivity index (χ3v) is 5.81. The third kappa shape index (κ3) is 3.33. The summed E-state index contributed by atoms with van der Waals surface area (Å²) < 4.78 is 0. The Balaban J connectivity index is 2.14. The fourth-order valence-corrected chi connectivity index (χ4v) is 4.59. The number of hydrogen-bond acceptors (Lipinski definition) is 2. The highest BCUT2D eigenvalue weighted by Gasteiger charge is 2.39.